The molecule has 4 rings (SSSR count). The van der Waals surface area contributed by atoms with Gasteiger partial charge in [-0.3, -0.25) is 4.90 Å². The molecular weight excluding hydrogens is 338 g/mol. The number of methoxy groups -OCH3 is 1. The molecule has 2 heterocycles. The lowest BCUT2D eigenvalue weighted by Gasteiger charge is -2.40. The summed E-state index contributed by atoms with van der Waals surface area (Å²) in [4.78, 5) is 2.54. The number of para-hydroxylation sites is 1. The lowest BCUT2D eigenvalue weighted by Crippen LogP contribution is -2.44. The van der Waals surface area contributed by atoms with E-state index in [4.69, 9.17) is 14.2 Å². The van der Waals surface area contributed by atoms with Crippen molar-refractivity contribution < 1.29 is 14.2 Å². The maximum atomic E-state index is 5.86. The fraction of sp³-hybridized carbons (Fsp3) is 0.391. The molecule has 2 unspecified atom stereocenters. The predicted molar refractivity (Wildman–Crippen MR) is 106 cm³/mol. The van der Waals surface area contributed by atoms with Crippen molar-refractivity contribution in [1.29, 1.82) is 0 Å². The molecule has 0 spiro atoms. The number of allylic oxidation sites excluding steroid dienone is 3. The summed E-state index contributed by atoms with van der Waals surface area (Å²) in [6.45, 7) is 2.04. The Kier molecular flexibility index (Phi) is 5.64. The average Bonchev–Trinajstić information content (AvgIpc) is 2.76. The van der Waals surface area contributed by atoms with Crippen LogP contribution in [-0.2, 0) is 9.47 Å². The molecule has 2 atom stereocenters. The van der Waals surface area contributed by atoms with Crippen molar-refractivity contribution in [2.24, 2.45) is 0 Å². The number of piperidine rings is 1. The van der Waals surface area contributed by atoms with Crippen LogP contribution in [-0.4, -0.2) is 31.1 Å². The molecule has 142 valence electrons. The van der Waals surface area contributed by atoms with Gasteiger partial charge in [0.15, 0.2) is 5.76 Å². The fourth-order valence-corrected chi connectivity index (χ4v) is 4.35. The van der Waals surface area contributed by atoms with Gasteiger partial charge in [-0.1, -0.05) is 36.4 Å². The zero-order valence-corrected chi connectivity index (χ0v) is 15.8. The third-order valence-corrected chi connectivity index (χ3v) is 5.59. The third kappa shape index (κ3) is 3.96. The van der Waals surface area contributed by atoms with Crippen LogP contribution in [0.5, 0.6) is 5.75 Å². The highest BCUT2D eigenvalue weighted by Crippen LogP contribution is 2.37. The molecule has 1 aromatic rings. The molecule has 1 aliphatic carbocycles. The van der Waals surface area contributed by atoms with Crippen molar-refractivity contribution in [3.8, 4) is 5.75 Å². The van der Waals surface area contributed by atoms with Gasteiger partial charge in [0, 0.05) is 12.5 Å². The highest BCUT2D eigenvalue weighted by Gasteiger charge is 2.33. The minimum absolute atomic E-state index is 0.123. The van der Waals surface area contributed by atoms with Crippen LogP contribution in [0.3, 0.4) is 0 Å². The molecule has 0 amide bonds. The molecule has 0 N–H and O–H groups in total. The van der Waals surface area contributed by atoms with Crippen LogP contribution in [0.1, 0.15) is 37.2 Å². The van der Waals surface area contributed by atoms with Crippen molar-refractivity contribution in [2.45, 2.75) is 37.6 Å². The van der Waals surface area contributed by atoms with E-state index in [1.807, 2.05) is 6.07 Å². The van der Waals surface area contributed by atoms with Crippen molar-refractivity contribution >= 4 is 0 Å². The van der Waals surface area contributed by atoms with Crippen LogP contribution in [0.2, 0.25) is 0 Å². The molecule has 1 aromatic carbocycles. The van der Waals surface area contributed by atoms with Gasteiger partial charge in [-0.25, -0.2) is 0 Å². The van der Waals surface area contributed by atoms with E-state index in [0.29, 0.717) is 5.92 Å². The molecule has 0 saturated carbocycles. The zero-order chi connectivity index (χ0) is 18.5. The Morgan fingerprint density at radius 2 is 2.15 bits per heavy atom. The third-order valence-electron chi connectivity index (χ3n) is 5.59. The maximum absolute atomic E-state index is 5.86. The molecule has 0 radical (unpaired) electrons. The van der Waals surface area contributed by atoms with E-state index in [0.717, 1.165) is 43.9 Å². The second-order valence-corrected chi connectivity index (χ2v) is 7.23. The summed E-state index contributed by atoms with van der Waals surface area (Å²) >= 11 is 0. The highest BCUT2D eigenvalue weighted by molar-refractivity contribution is 5.37. The summed E-state index contributed by atoms with van der Waals surface area (Å²) in [5.41, 5.74) is 2.69. The predicted octanol–water partition coefficient (Wildman–Crippen LogP) is 4.88. The molecule has 1 fully saturated rings. The monoisotopic (exact) mass is 365 g/mol. The number of nitrogens with zero attached hydrogens (tertiary/aromatic N) is 1. The average molecular weight is 365 g/mol. The first-order chi connectivity index (χ1) is 13.4. The largest absolute Gasteiger partial charge is 0.496 e. The van der Waals surface area contributed by atoms with E-state index in [9.17, 15) is 0 Å². The number of likely N-dealkylation sites (tertiary alicyclic amines) is 1. The summed E-state index contributed by atoms with van der Waals surface area (Å²) in [6, 6.07) is 8.53. The topological polar surface area (TPSA) is 30.9 Å². The Morgan fingerprint density at radius 3 is 2.93 bits per heavy atom. The first kappa shape index (κ1) is 17.9. The number of hydrogen-bond donors (Lipinski definition) is 0. The Labute approximate surface area is 161 Å². The van der Waals surface area contributed by atoms with E-state index in [-0.39, 0.29) is 6.04 Å². The number of ether oxygens (including phenoxy) is 3. The molecule has 4 nitrogen and oxygen atoms in total. The van der Waals surface area contributed by atoms with Crippen molar-refractivity contribution in [3.05, 3.63) is 78.2 Å². The molecule has 4 heteroatoms. The molecule has 27 heavy (non-hydrogen) atoms. The molecule has 3 aliphatic rings. The summed E-state index contributed by atoms with van der Waals surface area (Å²) < 4.78 is 16.9. The van der Waals surface area contributed by atoms with Crippen LogP contribution >= 0.6 is 0 Å². The van der Waals surface area contributed by atoms with Crippen LogP contribution in [0.25, 0.3) is 0 Å². The van der Waals surface area contributed by atoms with Crippen LogP contribution < -0.4 is 4.74 Å². The summed E-state index contributed by atoms with van der Waals surface area (Å²) in [5, 5.41) is 0. The van der Waals surface area contributed by atoms with Crippen LogP contribution in [0.4, 0.5) is 0 Å². The lowest BCUT2D eigenvalue weighted by molar-refractivity contribution is 0.130. The van der Waals surface area contributed by atoms with Gasteiger partial charge in [-0.15, -0.1) is 0 Å². The smallest absolute Gasteiger partial charge is 0.160 e. The minimum Gasteiger partial charge on any atom is -0.496 e. The number of hydrogen-bond acceptors (Lipinski definition) is 4. The Balaban J connectivity index is 1.61. The molecule has 1 saturated heterocycles. The van der Waals surface area contributed by atoms with Crippen molar-refractivity contribution in [3.63, 3.8) is 0 Å². The summed E-state index contributed by atoms with van der Waals surface area (Å²) in [7, 11) is 1.76. The van der Waals surface area contributed by atoms with Gasteiger partial charge in [-0.2, -0.15) is 0 Å². The summed E-state index contributed by atoms with van der Waals surface area (Å²) in [6.07, 6.45) is 16.0. The Morgan fingerprint density at radius 1 is 1.22 bits per heavy atom. The first-order valence-electron chi connectivity index (χ1n) is 9.76. The van der Waals surface area contributed by atoms with Gasteiger partial charge in [0.1, 0.15) is 24.5 Å². The Hall–Kier alpha value is -2.46. The van der Waals surface area contributed by atoms with Gasteiger partial charge in [-0.05, 0) is 49.4 Å². The van der Waals surface area contributed by atoms with Gasteiger partial charge in [0.25, 0.3) is 0 Å². The maximum Gasteiger partial charge on any atom is 0.160 e. The first-order valence-corrected chi connectivity index (χ1v) is 9.76. The van der Waals surface area contributed by atoms with E-state index in [1.165, 1.54) is 17.6 Å². The van der Waals surface area contributed by atoms with Crippen LogP contribution in [0.15, 0.2) is 72.6 Å². The van der Waals surface area contributed by atoms with E-state index >= 15 is 0 Å². The van der Waals surface area contributed by atoms with Gasteiger partial charge < -0.3 is 14.2 Å². The Bertz CT molecular complexity index is 778. The second kappa shape index (κ2) is 8.49. The number of rotatable bonds is 5. The van der Waals surface area contributed by atoms with Gasteiger partial charge in [0.05, 0.1) is 13.2 Å². The van der Waals surface area contributed by atoms with Gasteiger partial charge >= 0.3 is 0 Å². The van der Waals surface area contributed by atoms with E-state index in [1.54, 1.807) is 25.9 Å². The molecular formula is C23H27NO3. The van der Waals surface area contributed by atoms with Crippen molar-refractivity contribution in [1.82, 2.24) is 4.90 Å². The zero-order valence-electron chi connectivity index (χ0n) is 15.8. The standard InChI is InChI=1S/C23H27NO3/c1-25-21-12-6-5-11-20(21)19-10-7-13-24(16-19)23(18-8-3-2-4-9-18)22-17-26-14-15-27-22/h2-3,5-6,8,11-12,14-15,17,19,23H,4,7,9-10,13,16H2,1H3. The van der Waals surface area contributed by atoms with E-state index < -0.39 is 0 Å². The number of benzene rings is 1. The minimum atomic E-state index is 0.123. The normalized spacial score (nSPS) is 23.7. The quantitative estimate of drug-likeness (QED) is 0.744. The summed E-state index contributed by atoms with van der Waals surface area (Å²) in [5.74, 6) is 2.32. The van der Waals surface area contributed by atoms with E-state index in [2.05, 4.69) is 41.3 Å². The molecule has 2 aliphatic heterocycles. The second-order valence-electron chi connectivity index (χ2n) is 7.23. The van der Waals surface area contributed by atoms with Crippen molar-refractivity contribution in [2.75, 3.05) is 20.2 Å². The SMILES string of the molecule is COc1ccccc1C1CCCN(C(C2=CC=CCC2)C2=COC=CO2)C1. The molecule has 0 bridgehead atoms. The lowest BCUT2D eigenvalue weighted by atomic mass is 9.87. The fourth-order valence-electron chi connectivity index (χ4n) is 4.35. The highest BCUT2D eigenvalue weighted by atomic mass is 16.5. The van der Waals surface area contributed by atoms with Crippen LogP contribution in [0, 0.1) is 0 Å². The molecule has 0 aromatic heterocycles. The van der Waals surface area contributed by atoms with Gasteiger partial charge in [0.2, 0.25) is 0 Å².